The Balaban J connectivity index is 1.36. The number of amides is 1. The topological polar surface area (TPSA) is 95.3 Å². The van der Waals surface area contributed by atoms with Gasteiger partial charge in [-0.2, -0.15) is 0 Å². The highest BCUT2D eigenvalue weighted by molar-refractivity contribution is 6.03. The number of nitrogens with zero attached hydrogens (tertiary/aromatic N) is 3. The highest BCUT2D eigenvalue weighted by Gasteiger charge is 2.15. The summed E-state index contributed by atoms with van der Waals surface area (Å²) in [7, 11) is 1.91. The number of benzene rings is 1. The molecule has 0 spiro atoms. The molecule has 0 aliphatic rings. The van der Waals surface area contributed by atoms with Crippen LogP contribution in [0.4, 0.5) is 5.69 Å². The first-order chi connectivity index (χ1) is 13.2. The van der Waals surface area contributed by atoms with Crippen LogP contribution in [0, 0.1) is 0 Å². The van der Waals surface area contributed by atoms with Crippen LogP contribution >= 0.6 is 0 Å². The van der Waals surface area contributed by atoms with Gasteiger partial charge < -0.3 is 23.6 Å². The molecule has 27 heavy (non-hydrogen) atoms. The molecular weight excluding hydrogens is 348 g/mol. The molecule has 3 heterocycles. The Labute approximate surface area is 154 Å². The second-order valence-electron chi connectivity index (χ2n) is 5.78. The fraction of sp³-hybridized carbons (Fsp3) is 0.105. The van der Waals surface area contributed by atoms with E-state index in [2.05, 4.69) is 15.5 Å². The van der Waals surface area contributed by atoms with Gasteiger partial charge in [-0.1, -0.05) is 5.16 Å². The zero-order valence-electron chi connectivity index (χ0n) is 14.5. The van der Waals surface area contributed by atoms with Gasteiger partial charge >= 0.3 is 0 Å². The van der Waals surface area contributed by atoms with Crippen LogP contribution in [0.1, 0.15) is 16.3 Å². The van der Waals surface area contributed by atoms with Crippen molar-refractivity contribution in [3.05, 3.63) is 72.6 Å². The van der Waals surface area contributed by atoms with E-state index in [0.717, 1.165) is 5.82 Å². The van der Waals surface area contributed by atoms with Crippen molar-refractivity contribution in [2.45, 2.75) is 6.61 Å². The van der Waals surface area contributed by atoms with E-state index in [9.17, 15) is 4.79 Å². The van der Waals surface area contributed by atoms with Gasteiger partial charge in [0, 0.05) is 31.2 Å². The molecule has 136 valence electrons. The molecule has 3 aromatic heterocycles. The van der Waals surface area contributed by atoms with Crippen molar-refractivity contribution >= 4 is 11.6 Å². The maximum atomic E-state index is 12.3. The Morgan fingerprint density at radius 3 is 2.78 bits per heavy atom. The Bertz CT molecular complexity index is 1030. The van der Waals surface area contributed by atoms with E-state index in [1.165, 1.54) is 12.3 Å². The van der Waals surface area contributed by atoms with Crippen LogP contribution < -0.4 is 10.1 Å². The summed E-state index contributed by atoms with van der Waals surface area (Å²) in [6.45, 7) is 0.365. The lowest BCUT2D eigenvalue weighted by Gasteiger charge is -2.07. The zero-order chi connectivity index (χ0) is 18.6. The normalized spacial score (nSPS) is 10.7. The van der Waals surface area contributed by atoms with E-state index < -0.39 is 0 Å². The van der Waals surface area contributed by atoms with Crippen molar-refractivity contribution in [2.75, 3.05) is 5.32 Å². The molecule has 1 N–H and O–H groups in total. The van der Waals surface area contributed by atoms with Crippen LogP contribution in [0.25, 0.3) is 11.5 Å². The van der Waals surface area contributed by atoms with Crippen LogP contribution in [-0.4, -0.2) is 20.6 Å². The van der Waals surface area contributed by atoms with Gasteiger partial charge in [0.05, 0.1) is 6.26 Å². The van der Waals surface area contributed by atoms with Gasteiger partial charge in [-0.25, -0.2) is 4.98 Å². The van der Waals surface area contributed by atoms with Crippen molar-refractivity contribution < 1.29 is 18.5 Å². The maximum Gasteiger partial charge on any atom is 0.277 e. The molecule has 0 saturated carbocycles. The highest BCUT2D eigenvalue weighted by Crippen LogP contribution is 2.22. The summed E-state index contributed by atoms with van der Waals surface area (Å²) in [6, 6.07) is 12.0. The molecule has 0 radical (unpaired) electrons. The molecule has 0 aliphatic heterocycles. The molecule has 0 saturated heterocycles. The first kappa shape index (κ1) is 16.6. The maximum absolute atomic E-state index is 12.3. The van der Waals surface area contributed by atoms with Crippen LogP contribution in [0.2, 0.25) is 0 Å². The lowest BCUT2D eigenvalue weighted by atomic mass is 10.2. The number of furan rings is 1. The van der Waals surface area contributed by atoms with Gasteiger partial charge in [0.15, 0.2) is 11.5 Å². The number of hydrogen-bond acceptors (Lipinski definition) is 6. The van der Waals surface area contributed by atoms with E-state index in [1.807, 2.05) is 17.8 Å². The fourth-order valence-electron chi connectivity index (χ4n) is 2.43. The molecule has 0 atom stereocenters. The molecule has 8 nitrogen and oxygen atoms in total. The lowest BCUT2D eigenvalue weighted by Crippen LogP contribution is -2.12. The summed E-state index contributed by atoms with van der Waals surface area (Å²) in [5.41, 5.74) is 0.781. The van der Waals surface area contributed by atoms with Crippen LogP contribution in [0.5, 0.6) is 5.75 Å². The SMILES string of the molecule is Cn1ccnc1COc1ccc(NC(=O)c2cc(-c3ccco3)on2)cc1. The molecule has 0 unspecified atom stereocenters. The minimum absolute atomic E-state index is 0.163. The predicted octanol–water partition coefficient (Wildman–Crippen LogP) is 3.50. The summed E-state index contributed by atoms with van der Waals surface area (Å²) in [6.07, 6.45) is 5.10. The largest absolute Gasteiger partial charge is 0.486 e. The van der Waals surface area contributed by atoms with Gasteiger partial charge in [0.1, 0.15) is 18.2 Å². The number of carbonyl (C=O) groups excluding carboxylic acids is 1. The van der Waals surface area contributed by atoms with Gasteiger partial charge in [-0.3, -0.25) is 4.79 Å². The monoisotopic (exact) mass is 364 g/mol. The molecule has 8 heteroatoms. The molecular formula is C19H16N4O4. The number of imidazole rings is 1. The summed E-state index contributed by atoms with van der Waals surface area (Å²) >= 11 is 0. The number of rotatable bonds is 6. The van der Waals surface area contributed by atoms with Crippen LogP contribution in [0.3, 0.4) is 0 Å². The zero-order valence-corrected chi connectivity index (χ0v) is 14.5. The molecule has 0 aliphatic carbocycles. The Morgan fingerprint density at radius 1 is 1.22 bits per heavy atom. The van der Waals surface area contributed by atoms with Crippen molar-refractivity contribution in [3.63, 3.8) is 0 Å². The van der Waals surface area contributed by atoms with Crippen molar-refractivity contribution in [1.29, 1.82) is 0 Å². The standard InChI is InChI=1S/C19H16N4O4/c1-23-9-8-20-18(23)12-26-14-6-4-13(5-7-14)21-19(24)15-11-17(27-22-15)16-3-2-10-25-16/h2-11H,12H2,1H3,(H,21,24). The van der Waals surface area contributed by atoms with E-state index in [0.29, 0.717) is 29.6 Å². The van der Waals surface area contributed by atoms with Crippen LogP contribution in [0.15, 0.2) is 70.1 Å². The fourth-order valence-corrected chi connectivity index (χ4v) is 2.43. The first-order valence-electron chi connectivity index (χ1n) is 8.20. The summed E-state index contributed by atoms with van der Waals surface area (Å²) in [5.74, 6) is 2.03. The molecule has 4 rings (SSSR count). The second-order valence-corrected chi connectivity index (χ2v) is 5.78. The van der Waals surface area contributed by atoms with E-state index in [4.69, 9.17) is 13.7 Å². The van der Waals surface area contributed by atoms with Crippen molar-refractivity contribution in [1.82, 2.24) is 14.7 Å². The van der Waals surface area contributed by atoms with Gasteiger partial charge in [0.2, 0.25) is 5.76 Å². The number of aryl methyl sites for hydroxylation is 1. The van der Waals surface area contributed by atoms with Crippen LogP contribution in [-0.2, 0) is 13.7 Å². The van der Waals surface area contributed by atoms with Crippen molar-refractivity contribution in [3.8, 4) is 17.3 Å². The van der Waals surface area contributed by atoms with Gasteiger partial charge in [-0.15, -0.1) is 0 Å². The average Bonchev–Trinajstić information content (AvgIpc) is 3.43. The molecule has 4 aromatic rings. The van der Waals surface area contributed by atoms with Gasteiger partial charge in [0.25, 0.3) is 5.91 Å². The van der Waals surface area contributed by atoms with Crippen molar-refractivity contribution in [2.24, 2.45) is 7.05 Å². The Kier molecular flexibility index (Phi) is 4.44. The Hall–Kier alpha value is -3.81. The number of carbonyl (C=O) groups is 1. The smallest absolute Gasteiger partial charge is 0.277 e. The third kappa shape index (κ3) is 3.74. The number of anilines is 1. The predicted molar refractivity (Wildman–Crippen MR) is 96.1 cm³/mol. The number of ether oxygens (including phenoxy) is 1. The summed E-state index contributed by atoms with van der Waals surface area (Å²) in [5, 5.41) is 6.53. The molecule has 0 fully saturated rings. The summed E-state index contributed by atoms with van der Waals surface area (Å²) in [4.78, 5) is 16.5. The number of aromatic nitrogens is 3. The first-order valence-corrected chi connectivity index (χ1v) is 8.20. The quantitative estimate of drug-likeness (QED) is 0.563. The number of nitrogens with one attached hydrogen (secondary N) is 1. The van der Waals surface area contributed by atoms with E-state index >= 15 is 0 Å². The third-order valence-electron chi connectivity index (χ3n) is 3.91. The lowest BCUT2D eigenvalue weighted by molar-refractivity contribution is 0.101. The Morgan fingerprint density at radius 2 is 2.07 bits per heavy atom. The average molecular weight is 364 g/mol. The highest BCUT2D eigenvalue weighted by atomic mass is 16.5. The van der Waals surface area contributed by atoms with E-state index in [1.54, 1.807) is 42.6 Å². The molecule has 1 amide bonds. The van der Waals surface area contributed by atoms with Gasteiger partial charge in [-0.05, 0) is 36.4 Å². The minimum Gasteiger partial charge on any atom is -0.486 e. The van der Waals surface area contributed by atoms with E-state index in [-0.39, 0.29) is 11.6 Å². The second kappa shape index (κ2) is 7.20. The molecule has 0 bridgehead atoms. The minimum atomic E-state index is -0.377. The third-order valence-corrected chi connectivity index (χ3v) is 3.91. The number of hydrogen-bond donors (Lipinski definition) is 1. The molecule has 1 aromatic carbocycles. The summed E-state index contributed by atoms with van der Waals surface area (Å²) < 4.78 is 17.9.